The Balaban J connectivity index is 2.53. The lowest BCUT2D eigenvalue weighted by Gasteiger charge is -2.27. The molecule has 1 aromatic heterocycles. The zero-order valence-corrected chi connectivity index (χ0v) is 10.8. The van der Waals surface area contributed by atoms with Gasteiger partial charge in [-0.15, -0.1) is 11.3 Å². The Bertz CT molecular complexity index is 465. The number of likely N-dealkylation sites (N-methyl/N-ethyl adjacent to an activating group) is 1. The van der Waals surface area contributed by atoms with E-state index in [4.69, 9.17) is 5.73 Å². The standard InChI is InChI=1S/C13H18N2S/c1-9(14)13(15(2)3)11-8-16-12-7-5-4-6-10(11)12/h4-9,13H,14H2,1-3H3. The summed E-state index contributed by atoms with van der Waals surface area (Å²) in [5.74, 6) is 0. The van der Waals surface area contributed by atoms with Gasteiger partial charge in [0.25, 0.3) is 0 Å². The summed E-state index contributed by atoms with van der Waals surface area (Å²) in [5.41, 5.74) is 7.43. The van der Waals surface area contributed by atoms with Crippen LogP contribution in [0.4, 0.5) is 0 Å². The molecule has 86 valence electrons. The Hall–Kier alpha value is -0.900. The van der Waals surface area contributed by atoms with Crippen molar-refractivity contribution in [1.29, 1.82) is 0 Å². The first kappa shape index (κ1) is 11.6. The molecule has 3 heteroatoms. The van der Waals surface area contributed by atoms with Gasteiger partial charge in [-0.3, -0.25) is 0 Å². The average Bonchev–Trinajstić information content (AvgIpc) is 2.61. The molecule has 2 nitrogen and oxygen atoms in total. The quantitative estimate of drug-likeness (QED) is 0.885. The number of nitrogens with zero attached hydrogens (tertiary/aromatic N) is 1. The van der Waals surface area contributed by atoms with Gasteiger partial charge in [-0.2, -0.15) is 0 Å². The summed E-state index contributed by atoms with van der Waals surface area (Å²) in [7, 11) is 4.17. The fourth-order valence-corrected chi connectivity index (χ4v) is 3.25. The van der Waals surface area contributed by atoms with E-state index in [2.05, 4.69) is 55.6 Å². The first-order valence-electron chi connectivity index (χ1n) is 5.49. The monoisotopic (exact) mass is 234 g/mol. The summed E-state index contributed by atoms with van der Waals surface area (Å²) in [6, 6.07) is 8.94. The van der Waals surface area contributed by atoms with Crippen molar-refractivity contribution in [3.05, 3.63) is 35.2 Å². The van der Waals surface area contributed by atoms with Crippen LogP contribution in [0, 0.1) is 0 Å². The number of hydrogen-bond acceptors (Lipinski definition) is 3. The van der Waals surface area contributed by atoms with E-state index in [1.807, 2.05) is 0 Å². The summed E-state index contributed by atoms with van der Waals surface area (Å²) in [6.07, 6.45) is 0. The van der Waals surface area contributed by atoms with E-state index in [-0.39, 0.29) is 12.1 Å². The van der Waals surface area contributed by atoms with Crippen LogP contribution < -0.4 is 5.73 Å². The molecule has 2 unspecified atom stereocenters. The number of thiophene rings is 1. The second-order valence-electron chi connectivity index (χ2n) is 4.45. The van der Waals surface area contributed by atoms with Crippen LogP contribution in [0.25, 0.3) is 10.1 Å². The van der Waals surface area contributed by atoms with E-state index >= 15 is 0 Å². The third kappa shape index (κ3) is 1.98. The van der Waals surface area contributed by atoms with Gasteiger partial charge in [0.15, 0.2) is 0 Å². The van der Waals surface area contributed by atoms with Crippen LogP contribution in [-0.4, -0.2) is 25.0 Å². The van der Waals surface area contributed by atoms with Gasteiger partial charge in [0.2, 0.25) is 0 Å². The summed E-state index contributed by atoms with van der Waals surface area (Å²) >= 11 is 1.79. The third-order valence-corrected chi connectivity index (χ3v) is 3.87. The van der Waals surface area contributed by atoms with Crippen LogP contribution in [0.2, 0.25) is 0 Å². The molecule has 0 aliphatic carbocycles. The molecule has 1 aromatic carbocycles. The van der Waals surface area contributed by atoms with Crippen LogP contribution in [0.5, 0.6) is 0 Å². The van der Waals surface area contributed by atoms with Crippen molar-refractivity contribution in [1.82, 2.24) is 4.90 Å². The van der Waals surface area contributed by atoms with Gasteiger partial charge >= 0.3 is 0 Å². The van der Waals surface area contributed by atoms with E-state index < -0.39 is 0 Å². The highest BCUT2D eigenvalue weighted by Crippen LogP contribution is 2.33. The zero-order valence-electron chi connectivity index (χ0n) is 9.97. The molecule has 0 radical (unpaired) electrons. The highest BCUT2D eigenvalue weighted by molar-refractivity contribution is 7.17. The molecule has 0 saturated carbocycles. The normalized spacial score (nSPS) is 15.6. The Morgan fingerprint density at radius 3 is 2.56 bits per heavy atom. The lowest BCUT2D eigenvalue weighted by Crippen LogP contribution is -2.34. The van der Waals surface area contributed by atoms with Crippen LogP contribution in [-0.2, 0) is 0 Å². The molecule has 16 heavy (non-hydrogen) atoms. The van der Waals surface area contributed by atoms with Crippen LogP contribution in [0.3, 0.4) is 0 Å². The second-order valence-corrected chi connectivity index (χ2v) is 5.37. The maximum atomic E-state index is 6.08. The van der Waals surface area contributed by atoms with Gasteiger partial charge in [-0.1, -0.05) is 18.2 Å². The number of hydrogen-bond donors (Lipinski definition) is 1. The average molecular weight is 234 g/mol. The van der Waals surface area contributed by atoms with Crippen molar-refractivity contribution >= 4 is 21.4 Å². The minimum absolute atomic E-state index is 0.132. The topological polar surface area (TPSA) is 29.3 Å². The second kappa shape index (κ2) is 4.53. The summed E-state index contributed by atoms with van der Waals surface area (Å²) in [5, 5.41) is 3.57. The molecule has 0 aliphatic heterocycles. The van der Waals surface area contributed by atoms with Gasteiger partial charge in [0, 0.05) is 10.7 Å². The molecule has 0 saturated heterocycles. The molecule has 0 spiro atoms. The highest BCUT2D eigenvalue weighted by Gasteiger charge is 2.21. The van der Waals surface area contributed by atoms with Gasteiger partial charge in [0.05, 0.1) is 6.04 Å². The van der Waals surface area contributed by atoms with Crippen molar-refractivity contribution in [2.75, 3.05) is 14.1 Å². The van der Waals surface area contributed by atoms with Crippen LogP contribution >= 0.6 is 11.3 Å². The van der Waals surface area contributed by atoms with Crippen molar-refractivity contribution in [2.45, 2.75) is 19.0 Å². The van der Waals surface area contributed by atoms with E-state index in [9.17, 15) is 0 Å². The first-order chi connectivity index (χ1) is 7.61. The van der Waals surface area contributed by atoms with Gasteiger partial charge < -0.3 is 10.6 Å². The number of benzene rings is 1. The Morgan fingerprint density at radius 2 is 1.94 bits per heavy atom. The van der Waals surface area contributed by atoms with Crippen molar-refractivity contribution < 1.29 is 0 Å². The van der Waals surface area contributed by atoms with Crippen molar-refractivity contribution in [2.24, 2.45) is 5.73 Å². The highest BCUT2D eigenvalue weighted by atomic mass is 32.1. The zero-order chi connectivity index (χ0) is 11.7. The third-order valence-electron chi connectivity index (χ3n) is 2.88. The fourth-order valence-electron chi connectivity index (χ4n) is 2.26. The Labute approximate surface area is 101 Å². The first-order valence-corrected chi connectivity index (χ1v) is 6.37. The number of rotatable bonds is 3. The van der Waals surface area contributed by atoms with E-state index in [0.29, 0.717) is 0 Å². The van der Waals surface area contributed by atoms with Crippen LogP contribution in [0.1, 0.15) is 18.5 Å². The molecule has 1 heterocycles. The maximum absolute atomic E-state index is 6.08. The summed E-state index contributed by atoms with van der Waals surface area (Å²) < 4.78 is 1.34. The molecule has 2 N–H and O–H groups in total. The Morgan fingerprint density at radius 1 is 1.25 bits per heavy atom. The molecule has 0 fully saturated rings. The number of fused-ring (bicyclic) bond motifs is 1. The predicted molar refractivity (Wildman–Crippen MR) is 71.9 cm³/mol. The number of nitrogens with two attached hydrogens (primary N) is 1. The molecular formula is C13H18N2S. The van der Waals surface area contributed by atoms with E-state index in [1.165, 1.54) is 15.6 Å². The molecular weight excluding hydrogens is 216 g/mol. The smallest absolute Gasteiger partial charge is 0.0505 e. The van der Waals surface area contributed by atoms with Crippen molar-refractivity contribution in [3.8, 4) is 0 Å². The van der Waals surface area contributed by atoms with Gasteiger partial charge in [0.1, 0.15) is 0 Å². The molecule has 2 atom stereocenters. The van der Waals surface area contributed by atoms with Gasteiger partial charge in [-0.05, 0) is 43.4 Å². The summed E-state index contributed by atoms with van der Waals surface area (Å²) in [6.45, 7) is 2.07. The summed E-state index contributed by atoms with van der Waals surface area (Å²) in [4.78, 5) is 2.19. The molecule has 0 bridgehead atoms. The molecule has 0 aliphatic rings. The molecule has 2 aromatic rings. The maximum Gasteiger partial charge on any atom is 0.0505 e. The van der Waals surface area contributed by atoms with Crippen molar-refractivity contribution in [3.63, 3.8) is 0 Å². The largest absolute Gasteiger partial charge is 0.326 e. The van der Waals surface area contributed by atoms with E-state index in [0.717, 1.165) is 0 Å². The van der Waals surface area contributed by atoms with Gasteiger partial charge in [-0.25, -0.2) is 0 Å². The van der Waals surface area contributed by atoms with E-state index in [1.54, 1.807) is 11.3 Å². The lowest BCUT2D eigenvalue weighted by molar-refractivity contribution is 0.268. The SMILES string of the molecule is CC(N)C(c1csc2ccccc12)N(C)C. The predicted octanol–water partition coefficient (Wildman–Crippen LogP) is 2.85. The molecule has 0 amide bonds. The fraction of sp³-hybridized carbons (Fsp3) is 0.385. The lowest BCUT2D eigenvalue weighted by atomic mass is 9.99. The minimum atomic E-state index is 0.132. The molecule has 2 rings (SSSR count). The Kier molecular flexibility index (Phi) is 3.28. The van der Waals surface area contributed by atoms with Crippen LogP contribution in [0.15, 0.2) is 29.6 Å². The minimum Gasteiger partial charge on any atom is -0.326 e.